The lowest BCUT2D eigenvalue weighted by atomic mass is 10.2. The quantitative estimate of drug-likeness (QED) is 0.857. The Morgan fingerprint density at radius 2 is 2.12 bits per heavy atom. The number of aromatic nitrogens is 2. The first-order valence-electron chi connectivity index (χ1n) is 6.64. The van der Waals surface area contributed by atoms with E-state index in [4.69, 9.17) is 4.98 Å². The van der Waals surface area contributed by atoms with Crippen molar-refractivity contribution in [1.82, 2.24) is 15.3 Å². The number of rotatable bonds is 4. The minimum absolute atomic E-state index is 0.736. The van der Waals surface area contributed by atoms with Gasteiger partial charge in [-0.1, -0.05) is 0 Å². The third-order valence-electron chi connectivity index (χ3n) is 3.59. The molecule has 2 heterocycles. The van der Waals surface area contributed by atoms with Gasteiger partial charge in [0.25, 0.3) is 0 Å². The number of nitrogens with one attached hydrogen (secondary N) is 1. The third-order valence-corrected chi connectivity index (χ3v) is 3.59. The van der Waals surface area contributed by atoms with Crippen molar-refractivity contribution in [3.8, 4) is 0 Å². The van der Waals surface area contributed by atoms with E-state index in [0.717, 1.165) is 37.3 Å². The minimum Gasteiger partial charge on any atom is -0.341 e. The second-order valence-corrected chi connectivity index (χ2v) is 5.15. The van der Waals surface area contributed by atoms with Gasteiger partial charge in [0.05, 0.1) is 5.69 Å². The van der Waals surface area contributed by atoms with Gasteiger partial charge >= 0.3 is 0 Å². The highest BCUT2D eigenvalue weighted by Gasteiger charge is 2.21. The van der Waals surface area contributed by atoms with E-state index < -0.39 is 0 Å². The highest BCUT2D eigenvalue weighted by Crippen LogP contribution is 2.20. The maximum Gasteiger partial charge on any atom is 0.225 e. The summed E-state index contributed by atoms with van der Waals surface area (Å²) in [7, 11) is 0. The zero-order valence-electron chi connectivity index (χ0n) is 10.4. The largest absolute Gasteiger partial charge is 0.341 e. The van der Waals surface area contributed by atoms with Gasteiger partial charge in [-0.05, 0) is 38.2 Å². The van der Waals surface area contributed by atoms with Crippen LogP contribution in [0.15, 0.2) is 6.20 Å². The molecule has 1 N–H and O–H groups in total. The van der Waals surface area contributed by atoms with Gasteiger partial charge in [-0.3, -0.25) is 0 Å². The van der Waals surface area contributed by atoms with Crippen LogP contribution >= 0.6 is 0 Å². The monoisotopic (exact) mass is 232 g/mol. The van der Waals surface area contributed by atoms with Gasteiger partial charge < -0.3 is 10.2 Å². The van der Waals surface area contributed by atoms with Crippen LogP contribution in [0, 0.1) is 6.92 Å². The topological polar surface area (TPSA) is 41.1 Å². The van der Waals surface area contributed by atoms with Crippen LogP contribution in [0.2, 0.25) is 0 Å². The molecule has 0 spiro atoms. The zero-order chi connectivity index (χ0) is 11.7. The van der Waals surface area contributed by atoms with E-state index in [-0.39, 0.29) is 0 Å². The summed E-state index contributed by atoms with van der Waals surface area (Å²) in [6, 6.07) is 0.736. The second kappa shape index (κ2) is 4.61. The summed E-state index contributed by atoms with van der Waals surface area (Å²) >= 11 is 0. The Hall–Kier alpha value is -1.16. The lowest BCUT2D eigenvalue weighted by Crippen LogP contribution is -2.23. The van der Waals surface area contributed by atoms with Crippen molar-refractivity contribution >= 4 is 5.95 Å². The first-order valence-corrected chi connectivity index (χ1v) is 6.64. The molecule has 0 amide bonds. The van der Waals surface area contributed by atoms with E-state index in [2.05, 4.69) is 22.1 Å². The second-order valence-electron chi connectivity index (χ2n) is 5.15. The van der Waals surface area contributed by atoms with E-state index in [9.17, 15) is 0 Å². The molecule has 4 heteroatoms. The molecular weight excluding hydrogens is 212 g/mol. The van der Waals surface area contributed by atoms with E-state index in [1.807, 2.05) is 6.20 Å². The molecule has 0 atom stereocenters. The molecule has 4 nitrogen and oxygen atoms in total. The summed E-state index contributed by atoms with van der Waals surface area (Å²) in [5, 5.41) is 3.52. The molecule has 1 aliphatic carbocycles. The Morgan fingerprint density at radius 1 is 1.35 bits per heavy atom. The van der Waals surface area contributed by atoms with E-state index >= 15 is 0 Å². The number of nitrogens with zero attached hydrogens (tertiary/aromatic N) is 3. The zero-order valence-corrected chi connectivity index (χ0v) is 10.4. The Balaban J connectivity index is 1.73. The average molecular weight is 232 g/mol. The summed E-state index contributed by atoms with van der Waals surface area (Å²) in [5.41, 5.74) is 2.36. The standard InChI is InChI=1S/C13H20N4/c1-10-8-15-13(17-6-2-3-7-17)16-12(10)9-14-11-4-5-11/h8,11,14H,2-7,9H2,1H3. The van der Waals surface area contributed by atoms with Crippen molar-refractivity contribution in [3.05, 3.63) is 17.5 Å². The predicted octanol–water partition coefficient (Wildman–Crippen LogP) is 1.64. The van der Waals surface area contributed by atoms with Gasteiger partial charge in [-0.25, -0.2) is 9.97 Å². The molecule has 1 saturated heterocycles. The van der Waals surface area contributed by atoms with Gasteiger partial charge in [-0.15, -0.1) is 0 Å². The highest BCUT2D eigenvalue weighted by atomic mass is 15.3. The van der Waals surface area contributed by atoms with Crippen LogP contribution in [0.1, 0.15) is 36.9 Å². The molecule has 0 bridgehead atoms. The van der Waals surface area contributed by atoms with Gasteiger partial charge in [-0.2, -0.15) is 0 Å². The fourth-order valence-electron chi connectivity index (χ4n) is 2.24. The Morgan fingerprint density at radius 3 is 2.82 bits per heavy atom. The SMILES string of the molecule is Cc1cnc(N2CCCC2)nc1CNC1CC1. The first kappa shape index (κ1) is 11.0. The molecule has 1 aromatic heterocycles. The van der Waals surface area contributed by atoms with Crippen LogP contribution in [0.4, 0.5) is 5.95 Å². The van der Waals surface area contributed by atoms with Gasteiger partial charge in [0.15, 0.2) is 0 Å². The molecule has 92 valence electrons. The maximum absolute atomic E-state index is 4.71. The Bertz CT molecular complexity index is 394. The van der Waals surface area contributed by atoms with Crippen LogP contribution in [-0.2, 0) is 6.54 Å². The minimum atomic E-state index is 0.736. The lowest BCUT2D eigenvalue weighted by Gasteiger charge is -2.16. The molecule has 2 fully saturated rings. The normalized spacial score (nSPS) is 19.9. The highest BCUT2D eigenvalue weighted by molar-refractivity contribution is 5.33. The number of aryl methyl sites for hydroxylation is 1. The number of hydrogen-bond acceptors (Lipinski definition) is 4. The first-order chi connectivity index (χ1) is 8.33. The molecule has 0 aromatic carbocycles. The summed E-state index contributed by atoms with van der Waals surface area (Å²) in [6.07, 6.45) is 7.15. The van der Waals surface area contributed by atoms with Crippen LogP contribution in [-0.4, -0.2) is 29.1 Å². The van der Waals surface area contributed by atoms with Gasteiger partial charge in [0.2, 0.25) is 5.95 Å². The van der Waals surface area contributed by atoms with Gasteiger partial charge in [0, 0.05) is 31.9 Å². The van der Waals surface area contributed by atoms with E-state index in [0.29, 0.717) is 0 Å². The van der Waals surface area contributed by atoms with Crippen LogP contribution in [0.5, 0.6) is 0 Å². The molecule has 1 aromatic rings. The summed E-state index contributed by atoms with van der Waals surface area (Å²) in [5.74, 6) is 0.917. The molecule has 1 aliphatic heterocycles. The summed E-state index contributed by atoms with van der Waals surface area (Å²) in [4.78, 5) is 11.4. The summed E-state index contributed by atoms with van der Waals surface area (Å²) in [6.45, 7) is 5.20. The Kier molecular flexibility index (Phi) is 2.97. The molecule has 3 rings (SSSR count). The van der Waals surface area contributed by atoms with Crippen molar-refractivity contribution < 1.29 is 0 Å². The van der Waals surface area contributed by atoms with Crippen molar-refractivity contribution in [2.24, 2.45) is 0 Å². The molecule has 17 heavy (non-hydrogen) atoms. The van der Waals surface area contributed by atoms with Gasteiger partial charge in [0.1, 0.15) is 0 Å². The smallest absolute Gasteiger partial charge is 0.225 e. The fraction of sp³-hybridized carbons (Fsp3) is 0.692. The molecule has 0 unspecified atom stereocenters. The van der Waals surface area contributed by atoms with Crippen LogP contribution in [0.25, 0.3) is 0 Å². The number of anilines is 1. The average Bonchev–Trinajstić information content (AvgIpc) is 3.00. The van der Waals surface area contributed by atoms with E-state index in [1.54, 1.807) is 0 Å². The predicted molar refractivity (Wildman–Crippen MR) is 68.1 cm³/mol. The maximum atomic E-state index is 4.71. The number of hydrogen-bond donors (Lipinski definition) is 1. The molecule has 0 radical (unpaired) electrons. The van der Waals surface area contributed by atoms with Crippen LogP contribution < -0.4 is 10.2 Å². The fourth-order valence-corrected chi connectivity index (χ4v) is 2.24. The van der Waals surface area contributed by atoms with Crippen molar-refractivity contribution in [3.63, 3.8) is 0 Å². The lowest BCUT2D eigenvalue weighted by molar-refractivity contribution is 0.667. The molecule has 1 saturated carbocycles. The Labute approximate surface area is 102 Å². The molecule has 2 aliphatic rings. The van der Waals surface area contributed by atoms with E-state index in [1.165, 1.54) is 31.2 Å². The van der Waals surface area contributed by atoms with Crippen molar-refractivity contribution in [1.29, 1.82) is 0 Å². The van der Waals surface area contributed by atoms with Crippen LogP contribution in [0.3, 0.4) is 0 Å². The third kappa shape index (κ3) is 2.57. The summed E-state index contributed by atoms with van der Waals surface area (Å²) < 4.78 is 0. The van der Waals surface area contributed by atoms with Crippen molar-refractivity contribution in [2.75, 3.05) is 18.0 Å². The van der Waals surface area contributed by atoms with Crippen molar-refractivity contribution in [2.45, 2.75) is 45.2 Å². The molecular formula is C13H20N4.